The Morgan fingerprint density at radius 2 is 2.21 bits per heavy atom. The van der Waals surface area contributed by atoms with Gasteiger partial charge < -0.3 is 0 Å². The molecule has 1 aromatic carbocycles. The number of thioether (sulfide) groups is 1. The molecule has 0 aliphatic carbocycles. The first-order valence-corrected chi connectivity index (χ1v) is 5.85. The predicted molar refractivity (Wildman–Crippen MR) is 60.2 cm³/mol. The highest BCUT2D eigenvalue weighted by atomic mass is 32.2. The predicted octanol–water partition coefficient (Wildman–Crippen LogP) is 3.27. The molecule has 0 atom stereocenters. The van der Waals surface area contributed by atoms with Crippen molar-refractivity contribution in [2.45, 2.75) is 30.6 Å². The minimum absolute atomic E-state index is 0.222. The van der Waals surface area contributed by atoms with Crippen molar-refractivity contribution in [1.82, 2.24) is 0 Å². The van der Waals surface area contributed by atoms with E-state index in [-0.39, 0.29) is 5.41 Å². The molecule has 0 radical (unpaired) electrons. The molecule has 0 saturated carbocycles. The highest BCUT2D eigenvalue weighted by molar-refractivity contribution is 7.99. The van der Waals surface area contributed by atoms with E-state index in [0.717, 1.165) is 17.6 Å². The molecule has 0 fully saturated rings. The van der Waals surface area contributed by atoms with Crippen molar-refractivity contribution in [1.29, 1.82) is 0 Å². The lowest BCUT2D eigenvalue weighted by Gasteiger charge is -2.32. The van der Waals surface area contributed by atoms with Gasteiger partial charge in [-0.3, -0.25) is 4.79 Å². The van der Waals surface area contributed by atoms with Gasteiger partial charge in [-0.25, -0.2) is 0 Å². The van der Waals surface area contributed by atoms with Crippen molar-refractivity contribution in [3.05, 3.63) is 29.3 Å². The highest BCUT2D eigenvalue weighted by Crippen LogP contribution is 2.42. The Labute approximate surface area is 88.9 Å². The van der Waals surface area contributed by atoms with Gasteiger partial charge in [-0.15, -0.1) is 11.8 Å². The van der Waals surface area contributed by atoms with Gasteiger partial charge >= 0.3 is 0 Å². The van der Waals surface area contributed by atoms with Crippen LogP contribution in [0.4, 0.5) is 0 Å². The van der Waals surface area contributed by atoms with Gasteiger partial charge in [0.05, 0.1) is 0 Å². The van der Waals surface area contributed by atoms with Gasteiger partial charge in [-0.05, 0) is 23.2 Å². The van der Waals surface area contributed by atoms with Crippen LogP contribution < -0.4 is 0 Å². The highest BCUT2D eigenvalue weighted by Gasteiger charge is 2.28. The van der Waals surface area contributed by atoms with E-state index in [9.17, 15) is 4.79 Å². The number of fused-ring (bicyclic) bond motifs is 1. The van der Waals surface area contributed by atoms with Crippen LogP contribution in [0.3, 0.4) is 0 Å². The van der Waals surface area contributed by atoms with Crippen LogP contribution in [0.25, 0.3) is 0 Å². The van der Waals surface area contributed by atoms with Crippen LogP contribution in [0.15, 0.2) is 23.1 Å². The Hall–Kier alpha value is -0.760. The van der Waals surface area contributed by atoms with Crippen LogP contribution >= 0.6 is 11.8 Å². The fourth-order valence-corrected chi connectivity index (χ4v) is 3.48. The molecule has 74 valence electrons. The molecule has 2 rings (SSSR count). The molecule has 1 aliphatic heterocycles. The van der Waals surface area contributed by atoms with E-state index >= 15 is 0 Å². The summed E-state index contributed by atoms with van der Waals surface area (Å²) in [4.78, 5) is 12.1. The quantitative estimate of drug-likeness (QED) is 0.656. The lowest BCUT2D eigenvalue weighted by atomic mass is 9.81. The molecular formula is C12H14OS. The van der Waals surface area contributed by atoms with Gasteiger partial charge in [0, 0.05) is 10.5 Å². The summed E-state index contributed by atoms with van der Waals surface area (Å²) < 4.78 is 0. The molecule has 1 heterocycles. The van der Waals surface area contributed by atoms with E-state index in [1.165, 1.54) is 16.9 Å². The fourth-order valence-electron chi connectivity index (χ4n) is 1.88. The molecule has 0 saturated heterocycles. The third-order valence-electron chi connectivity index (χ3n) is 2.88. The van der Waals surface area contributed by atoms with Gasteiger partial charge in [-0.2, -0.15) is 0 Å². The summed E-state index contributed by atoms with van der Waals surface area (Å²) in [5.41, 5.74) is 2.40. The molecule has 0 spiro atoms. The second kappa shape index (κ2) is 3.43. The standard InChI is InChI=1S/C12H14OS/c1-12(2)6-7-14-11-9(8-13)4-3-5-10(11)12/h3-5,8H,6-7H2,1-2H3. The van der Waals surface area contributed by atoms with Crippen molar-refractivity contribution in [3.8, 4) is 0 Å². The summed E-state index contributed by atoms with van der Waals surface area (Å²) in [7, 11) is 0. The average molecular weight is 206 g/mol. The summed E-state index contributed by atoms with van der Waals surface area (Å²) in [6.45, 7) is 4.50. The molecule has 0 bridgehead atoms. The van der Waals surface area contributed by atoms with Crippen molar-refractivity contribution < 1.29 is 4.79 Å². The molecular weight excluding hydrogens is 192 g/mol. The molecule has 1 nitrogen and oxygen atoms in total. The summed E-state index contributed by atoms with van der Waals surface area (Å²) in [5.74, 6) is 1.12. The molecule has 1 aromatic rings. The zero-order valence-electron chi connectivity index (χ0n) is 8.54. The maximum atomic E-state index is 10.9. The summed E-state index contributed by atoms with van der Waals surface area (Å²) in [6.07, 6.45) is 2.15. The number of rotatable bonds is 1. The van der Waals surface area contributed by atoms with Crippen LogP contribution in [-0.4, -0.2) is 12.0 Å². The monoisotopic (exact) mass is 206 g/mol. The maximum Gasteiger partial charge on any atom is 0.151 e. The van der Waals surface area contributed by atoms with E-state index in [0.29, 0.717) is 0 Å². The van der Waals surface area contributed by atoms with Gasteiger partial charge in [0.1, 0.15) is 0 Å². The van der Waals surface area contributed by atoms with E-state index in [4.69, 9.17) is 0 Å². The number of carbonyl (C=O) groups excluding carboxylic acids is 1. The van der Waals surface area contributed by atoms with Crippen LogP contribution in [-0.2, 0) is 5.41 Å². The summed E-state index contributed by atoms with van der Waals surface area (Å²) >= 11 is 1.81. The van der Waals surface area contributed by atoms with Crippen LogP contribution in [0.5, 0.6) is 0 Å². The SMILES string of the molecule is CC1(C)CCSc2c(C=O)cccc21. The van der Waals surface area contributed by atoms with E-state index < -0.39 is 0 Å². The number of carbonyl (C=O) groups is 1. The average Bonchev–Trinajstić information content (AvgIpc) is 2.17. The first kappa shape index (κ1) is 9.78. The normalized spacial score (nSPS) is 18.7. The Kier molecular flexibility index (Phi) is 2.40. The number of hydrogen-bond acceptors (Lipinski definition) is 2. The molecule has 0 amide bonds. The largest absolute Gasteiger partial charge is 0.298 e. The number of hydrogen-bond donors (Lipinski definition) is 0. The van der Waals surface area contributed by atoms with Crippen molar-refractivity contribution >= 4 is 18.0 Å². The molecule has 1 aliphatic rings. The van der Waals surface area contributed by atoms with Crippen molar-refractivity contribution in [2.24, 2.45) is 0 Å². The second-order valence-electron chi connectivity index (χ2n) is 4.32. The first-order valence-electron chi connectivity index (χ1n) is 4.86. The van der Waals surface area contributed by atoms with Crippen LogP contribution in [0.2, 0.25) is 0 Å². The zero-order valence-corrected chi connectivity index (χ0v) is 9.36. The van der Waals surface area contributed by atoms with E-state index in [1.54, 1.807) is 0 Å². The smallest absolute Gasteiger partial charge is 0.151 e. The number of benzene rings is 1. The molecule has 0 unspecified atom stereocenters. The summed E-state index contributed by atoms with van der Waals surface area (Å²) in [6, 6.07) is 6.03. The van der Waals surface area contributed by atoms with Gasteiger partial charge in [0.15, 0.2) is 6.29 Å². The van der Waals surface area contributed by atoms with Gasteiger partial charge in [-0.1, -0.05) is 32.0 Å². The Morgan fingerprint density at radius 1 is 1.43 bits per heavy atom. The minimum Gasteiger partial charge on any atom is -0.298 e. The Balaban J connectivity index is 2.60. The molecule has 0 N–H and O–H groups in total. The Morgan fingerprint density at radius 3 is 2.93 bits per heavy atom. The minimum atomic E-state index is 0.222. The molecule has 2 heteroatoms. The molecule has 0 aromatic heterocycles. The van der Waals surface area contributed by atoms with E-state index in [2.05, 4.69) is 19.9 Å². The van der Waals surface area contributed by atoms with Gasteiger partial charge in [0.2, 0.25) is 0 Å². The third kappa shape index (κ3) is 1.48. The topological polar surface area (TPSA) is 17.1 Å². The fraction of sp³-hybridized carbons (Fsp3) is 0.417. The van der Waals surface area contributed by atoms with E-state index in [1.807, 2.05) is 23.9 Å². The number of aldehydes is 1. The molecule has 14 heavy (non-hydrogen) atoms. The van der Waals surface area contributed by atoms with Crippen molar-refractivity contribution in [3.63, 3.8) is 0 Å². The van der Waals surface area contributed by atoms with Crippen molar-refractivity contribution in [2.75, 3.05) is 5.75 Å². The lowest BCUT2D eigenvalue weighted by molar-refractivity contribution is 0.112. The lowest BCUT2D eigenvalue weighted by Crippen LogP contribution is -2.23. The zero-order chi connectivity index (χ0) is 10.2. The van der Waals surface area contributed by atoms with Gasteiger partial charge in [0.25, 0.3) is 0 Å². The summed E-state index contributed by atoms with van der Waals surface area (Å²) in [5, 5.41) is 0. The Bertz CT molecular complexity index is 369. The first-order chi connectivity index (χ1) is 6.65. The second-order valence-corrected chi connectivity index (χ2v) is 5.43. The third-order valence-corrected chi connectivity index (χ3v) is 4.03. The van der Waals surface area contributed by atoms with Crippen LogP contribution in [0, 0.1) is 0 Å². The maximum absolute atomic E-state index is 10.9. The van der Waals surface area contributed by atoms with Crippen LogP contribution in [0.1, 0.15) is 36.2 Å².